The number of nitrogens with zero attached hydrogens (tertiary/aromatic N) is 1. The quantitative estimate of drug-likeness (QED) is 0.479. The zero-order valence-electron chi connectivity index (χ0n) is 6.29. The van der Waals surface area contributed by atoms with Gasteiger partial charge in [0, 0.05) is 12.1 Å². The van der Waals surface area contributed by atoms with Crippen molar-refractivity contribution < 1.29 is 0 Å². The minimum atomic E-state index is 0.802. The van der Waals surface area contributed by atoms with Gasteiger partial charge in [-0.05, 0) is 43.9 Å². The van der Waals surface area contributed by atoms with Crippen LogP contribution in [0, 0.1) is 11.8 Å². The van der Waals surface area contributed by atoms with Crippen LogP contribution in [0.5, 0.6) is 0 Å². The summed E-state index contributed by atoms with van der Waals surface area (Å²) in [5, 5.41) is 4.77. The predicted octanol–water partition coefficient (Wildman–Crippen LogP) is 1.55. The van der Waals surface area contributed by atoms with Gasteiger partial charge in [0.15, 0.2) is 0 Å². The Bertz CT molecular complexity index is 96.3. The molecular weight excluding hydrogens is 122 g/mol. The highest BCUT2D eigenvalue weighted by atomic mass is 15.0. The molecule has 4 aliphatic rings. The van der Waals surface area contributed by atoms with Crippen molar-refractivity contribution in [2.45, 2.75) is 44.2 Å². The Hall–Kier alpha value is -0.0400. The van der Waals surface area contributed by atoms with E-state index in [1.165, 1.54) is 25.7 Å². The monoisotopic (exact) mass is 136 g/mol. The van der Waals surface area contributed by atoms with Gasteiger partial charge in [0.2, 0.25) is 0 Å². The fourth-order valence-electron chi connectivity index (χ4n) is 3.32. The number of piperidine rings is 2. The van der Waals surface area contributed by atoms with E-state index >= 15 is 0 Å². The van der Waals surface area contributed by atoms with Gasteiger partial charge in [-0.2, -0.15) is 0 Å². The molecule has 4 rings (SSSR count). The van der Waals surface area contributed by atoms with E-state index in [9.17, 15) is 0 Å². The van der Waals surface area contributed by atoms with Crippen molar-refractivity contribution in [1.29, 1.82) is 0 Å². The third-order valence-corrected chi connectivity index (χ3v) is 3.51. The van der Waals surface area contributed by atoms with Crippen molar-refractivity contribution in [2.24, 2.45) is 11.8 Å². The first-order valence-corrected chi connectivity index (χ1v) is 4.60. The lowest BCUT2D eigenvalue weighted by Crippen LogP contribution is -2.51. The smallest absolute Gasteiger partial charge is 0.0254 e. The second-order valence-corrected chi connectivity index (χ2v) is 4.37. The van der Waals surface area contributed by atoms with Crippen LogP contribution in [0.25, 0.3) is 0 Å². The molecule has 4 fully saturated rings. The normalized spacial score (nSPS) is 57.6. The Morgan fingerprint density at radius 1 is 0.700 bits per heavy atom. The number of hydrogen-bond acceptors (Lipinski definition) is 0. The molecule has 2 aliphatic carbocycles. The van der Waals surface area contributed by atoms with Crippen LogP contribution in [0.1, 0.15) is 32.1 Å². The van der Waals surface area contributed by atoms with Gasteiger partial charge in [0.1, 0.15) is 0 Å². The van der Waals surface area contributed by atoms with Crippen LogP contribution in [0.15, 0.2) is 0 Å². The lowest BCUT2D eigenvalue weighted by molar-refractivity contribution is 0.0565. The second-order valence-electron chi connectivity index (χ2n) is 4.37. The van der Waals surface area contributed by atoms with Crippen LogP contribution >= 0.6 is 0 Å². The molecule has 0 unspecified atom stereocenters. The highest BCUT2D eigenvalue weighted by Gasteiger charge is 2.42. The minimum absolute atomic E-state index is 0.802. The zero-order chi connectivity index (χ0) is 6.55. The van der Waals surface area contributed by atoms with Gasteiger partial charge in [-0.3, -0.25) is 0 Å². The van der Waals surface area contributed by atoms with Crippen molar-refractivity contribution >= 4 is 0 Å². The molecule has 0 N–H and O–H groups in total. The summed E-state index contributed by atoms with van der Waals surface area (Å²) in [6.07, 6.45) is 7.29. The Balaban J connectivity index is 1.90. The van der Waals surface area contributed by atoms with Gasteiger partial charge in [-0.15, -0.1) is 0 Å². The molecule has 55 valence electrons. The van der Waals surface area contributed by atoms with E-state index in [0.717, 1.165) is 23.9 Å². The maximum absolute atomic E-state index is 4.77. The molecule has 0 atom stereocenters. The molecule has 0 amide bonds. The van der Waals surface area contributed by atoms with E-state index < -0.39 is 0 Å². The average Bonchev–Trinajstić information content (AvgIpc) is 1.82. The average molecular weight is 136 g/mol. The highest BCUT2D eigenvalue weighted by Crippen LogP contribution is 2.45. The van der Waals surface area contributed by atoms with Gasteiger partial charge in [0.05, 0.1) is 0 Å². The molecular formula is C9H14N. The molecule has 2 saturated heterocycles. The molecule has 1 heteroatoms. The Labute approximate surface area is 62.2 Å². The summed E-state index contributed by atoms with van der Waals surface area (Å²) in [6, 6.07) is 1.60. The summed E-state index contributed by atoms with van der Waals surface area (Å²) in [5.41, 5.74) is 0. The first-order valence-electron chi connectivity index (χ1n) is 4.60. The molecule has 0 spiro atoms. The van der Waals surface area contributed by atoms with Gasteiger partial charge in [-0.1, -0.05) is 0 Å². The van der Waals surface area contributed by atoms with E-state index in [0.29, 0.717) is 0 Å². The maximum Gasteiger partial charge on any atom is 0.0254 e. The van der Waals surface area contributed by atoms with Gasteiger partial charge in [-0.25, -0.2) is 5.32 Å². The lowest BCUT2D eigenvalue weighted by atomic mass is 9.65. The van der Waals surface area contributed by atoms with Gasteiger partial charge < -0.3 is 0 Å². The summed E-state index contributed by atoms with van der Waals surface area (Å²) < 4.78 is 0. The fraction of sp³-hybridized carbons (Fsp3) is 1.00. The summed E-state index contributed by atoms with van der Waals surface area (Å²) in [5.74, 6) is 2.17. The van der Waals surface area contributed by atoms with Crippen molar-refractivity contribution in [3.63, 3.8) is 0 Å². The molecule has 1 nitrogen and oxygen atoms in total. The summed E-state index contributed by atoms with van der Waals surface area (Å²) in [4.78, 5) is 0. The van der Waals surface area contributed by atoms with Crippen LogP contribution in [0.3, 0.4) is 0 Å². The van der Waals surface area contributed by atoms with Gasteiger partial charge in [0.25, 0.3) is 0 Å². The SMILES string of the molecule is C1C2CC3CC1CC(C2)[N]3. The van der Waals surface area contributed by atoms with Crippen molar-refractivity contribution in [1.82, 2.24) is 5.32 Å². The van der Waals surface area contributed by atoms with Crippen LogP contribution in [-0.4, -0.2) is 12.1 Å². The molecule has 0 aromatic heterocycles. The highest BCUT2D eigenvalue weighted by molar-refractivity contribution is 4.97. The van der Waals surface area contributed by atoms with Crippen LogP contribution in [0.4, 0.5) is 0 Å². The number of hydrogen-bond donors (Lipinski definition) is 0. The first-order chi connectivity index (χ1) is 4.90. The molecule has 4 bridgehead atoms. The number of rotatable bonds is 0. The molecule has 0 aromatic rings. The Morgan fingerprint density at radius 3 is 1.60 bits per heavy atom. The summed E-state index contributed by atoms with van der Waals surface area (Å²) >= 11 is 0. The fourth-order valence-corrected chi connectivity index (χ4v) is 3.32. The second kappa shape index (κ2) is 1.76. The minimum Gasteiger partial charge on any atom is -0.235 e. The van der Waals surface area contributed by atoms with E-state index in [4.69, 9.17) is 5.32 Å². The Morgan fingerprint density at radius 2 is 1.20 bits per heavy atom. The predicted molar refractivity (Wildman–Crippen MR) is 39.8 cm³/mol. The van der Waals surface area contributed by atoms with E-state index in [1.807, 2.05) is 0 Å². The third kappa shape index (κ3) is 0.672. The van der Waals surface area contributed by atoms with E-state index in [1.54, 1.807) is 6.42 Å². The molecule has 1 radical (unpaired) electrons. The lowest BCUT2D eigenvalue weighted by Gasteiger charge is -2.49. The van der Waals surface area contributed by atoms with Crippen molar-refractivity contribution in [2.75, 3.05) is 0 Å². The van der Waals surface area contributed by atoms with Crippen LogP contribution < -0.4 is 5.32 Å². The van der Waals surface area contributed by atoms with E-state index in [2.05, 4.69) is 0 Å². The van der Waals surface area contributed by atoms with Crippen molar-refractivity contribution in [3.8, 4) is 0 Å². The summed E-state index contributed by atoms with van der Waals surface area (Å²) in [6.45, 7) is 0. The largest absolute Gasteiger partial charge is 0.235 e. The van der Waals surface area contributed by atoms with Crippen LogP contribution in [0.2, 0.25) is 0 Å². The summed E-state index contributed by atoms with van der Waals surface area (Å²) in [7, 11) is 0. The van der Waals surface area contributed by atoms with E-state index in [-0.39, 0.29) is 0 Å². The zero-order valence-corrected chi connectivity index (χ0v) is 6.29. The molecule has 2 aliphatic heterocycles. The van der Waals surface area contributed by atoms with Crippen LogP contribution in [-0.2, 0) is 0 Å². The molecule has 2 heterocycles. The molecule has 10 heavy (non-hydrogen) atoms. The molecule has 2 saturated carbocycles. The van der Waals surface area contributed by atoms with Crippen molar-refractivity contribution in [3.05, 3.63) is 0 Å². The standard InChI is InChI=1S/C9H14N/c1-6-2-8-4-7(1)5-9(3-6)10-8/h6-9H,1-5H2. The topological polar surface area (TPSA) is 14.1 Å². The maximum atomic E-state index is 4.77. The Kier molecular flexibility index (Phi) is 0.984. The van der Waals surface area contributed by atoms with Gasteiger partial charge >= 0.3 is 0 Å². The third-order valence-electron chi connectivity index (χ3n) is 3.51. The first kappa shape index (κ1) is 5.59. The molecule has 0 aromatic carbocycles.